The van der Waals surface area contributed by atoms with Crippen molar-refractivity contribution >= 4 is 22.2 Å². The zero-order valence-electron chi connectivity index (χ0n) is 12.2. The van der Waals surface area contributed by atoms with Gasteiger partial charge in [-0.15, -0.1) is 0 Å². The number of hydrogen-bond acceptors (Lipinski definition) is 4. The van der Waals surface area contributed by atoms with E-state index in [2.05, 4.69) is 10.3 Å². The van der Waals surface area contributed by atoms with Crippen LogP contribution in [0.2, 0.25) is 0 Å². The minimum atomic E-state index is -0.109. The molecule has 0 atom stereocenters. The van der Waals surface area contributed by atoms with Gasteiger partial charge < -0.3 is 10.4 Å². The first kappa shape index (κ1) is 14.7. The van der Waals surface area contributed by atoms with Crippen molar-refractivity contribution < 1.29 is 9.90 Å². The predicted molar refractivity (Wildman–Crippen MR) is 87.3 cm³/mol. The summed E-state index contributed by atoms with van der Waals surface area (Å²) < 4.78 is 1.95. The fourth-order valence-corrected chi connectivity index (χ4v) is 3.30. The lowest BCUT2D eigenvalue weighted by Gasteiger charge is -2.02. The van der Waals surface area contributed by atoms with E-state index in [9.17, 15) is 4.79 Å². The van der Waals surface area contributed by atoms with Crippen LogP contribution in [0.1, 0.15) is 21.8 Å². The van der Waals surface area contributed by atoms with Crippen LogP contribution in [0, 0.1) is 6.92 Å². The number of thiazole rings is 1. The maximum atomic E-state index is 12.1. The molecule has 0 aliphatic carbocycles. The smallest absolute Gasteiger partial charge is 0.263 e. The Labute approximate surface area is 132 Å². The molecule has 0 radical (unpaired) electrons. The number of aliphatic hydroxyl groups excluding tert-OH is 1. The number of amides is 1. The lowest BCUT2D eigenvalue weighted by Crippen LogP contribution is -2.24. The number of carbonyl (C=O) groups is 1. The molecule has 2 N–H and O–H groups in total. The molecule has 3 rings (SSSR count). The molecular weight excluding hydrogens is 298 g/mol. The minimum absolute atomic E-state index is 0.0768. The van der Waals surface area contributed by atoms with Crippen molar-refractivity contribution in [3.63, 3.8) is 0 Å². The Kier molecular flexibility index (Phi) is 4.22. The second-order valence-electron chi connectivity index (χ2n) is 4.99. The Balaban J connectivity index is 1.88. The number of aromatic nitrogens is 2. The van der Waals surface area contributed by atoms with Gasteiger partial charge in [0.25, 0.3) is 5.91 Å². The minimum Gasteiger partial charge on any atom is -0.396 e. The first-order valence-corrected chi connectivity index (χ1v) is 7.95. The fraction of sp³-hybridized carbons (Fsp3) is 0.250. The van der Waals surface area contributed by atoms with E-state index in [-0.39, 0.29) is 12.5 Å². The number of carbonyl (C=O) groups excluding carboxylic acids is 1. The van der Waals surface area contributed by atoms with E-state index in [4.69, 9.17) is 5.11 Å². The lowest BCUT2D eigenvalue weighted by molar-refractivity contribution is 0.0954. The fourth-order valence-electron chi connectivity index (χ4n) is 2.27. The number of hydrogen-bond donors (Lipinski definition) is 2. The molecule has 5 nitrogen and oxygen atoms in total. The number of benzene rings is 1. The highest BCUT2D eigenvalue weighted by Crippen LogP contribution is 2.26. The molecule has 0 unspecified atom stereocenters. The van der Waals surface area contributed by atoms with Crippen LogP contribution >= 0.6 is 11.3 Å². The number of aryl methyl sites for hydroxylation is 1. The van der Waals surface area contributed by atoms with Gasteiger partial charge in [-0.3, -0.25) is 9.20 Å². The van der Waals surface area contributed by atoms with E-state index < -0.39 is 0 Å². The summed E-state index contributed by atoms with van der Waals surface area (Å²) in [6.07, 6.45) is 2.52. The van der Waals surface area contributed by atoms with E-state index in [0.717, 1.165) is 21.9 Å². The van der Waals surface area contributed by atoms with Crippen LogP contribution in [0.25, 0.3) is 16.2 Å². The molecule has 0 aliphatic rings. The summed E-state index contributed by atoms with van der Waals surface area (Å²) in [6.45, 7) is 2.47. The summed E-state index contributed by atoms with van der Waals surface area (Å²) in [7, 11) is 0. The quantitative estimate of drug-likeness (QED) is 0.711. The monoisotopic (exact) mass is 315 g/mol. The van der Waals surface area contributed by atoms with Crippen molar-refractivity contribution in [2.45, 2.75) is 13.3 Å². The number of aliphatic hydroxyl groups is 1. The second-order valence-corrected chi connectivity index (χ2v) is 5.97. The third-order valence-corrected chi connectivity index (χ3v) is 4.61. The van der Waals surface area contributed by atoms with Crippen molar-refractivity contribution in [3.05, 3.63) is 47.1 Å². The van der Waals surface area contributed by atoms with Gasteiger partial charge in [0.2, 0.25) is 0 Å². The topological polar surface area (TPSA) is 66.6 Å². The van der Waals surface area contributed by atoms with Crippen molar-refractivity contribution in [1.82, 2.24) is 14.7 Å². The van der Waals surface area contributed by atoms with Gasteiger partial charge in [0.1, 0.15) is 4.88 Å². The Morgan fingerprint density at radius 1 is 1.36 bits per heavy atom. The molecule has 0 saturated carbocycles. The van der Waals surface area contributed by atoms with E-state index in [1.807, 2.05) is 47.9 Å². The van der Waals surface area contributed by atoms with Crippen molar-refractivity contribution in [2.75, 3.05) is 13.2 Å². The van der Waals surface area contributed by atoms with Gasteiger partial charge in [-0.1, -0.05) is 41.7 Å². The summed E-state index contributed by atoms with van der Waals surface area (Å²) in [5, 5.41) is 11.6. The van der Waals surface area contributed by atoms with Gasteiger partial charge in [0.05, 0.1) is 5.69 Å². The molecular formula is C16H17N3O2S. The third-order valence-electron chi connectivity index (χ3n) is 3.45. The highest BCUT2D eigenvalue weighted by molar-refractivity contribution is 7.19. The number of nitrogens with one attached hydrogen (secondary N) is 1. The van der Waals surface area contributed by atoms with Crippen LogP contribution in [0.15, 0.2) is 36.5 Å². The van der Waals surface area contributed by atoms with Crippen LogP contribution < -0.4 is 5.32 Å². The highest BCUT2D eigenvalue weighted by atomic mass is 32.1. The van der Waals surface area contributed by atoms with Crippen molar-refractivity contribution in [3.8, 4) is 11.3 Å². The molecule has 0 saturated heterocycles. The normalized spacial score (nSPS) is 11.0. The number of nitrogens with zero attached hydrogens (tertiary/aromatic N) is 2. The second kappa shape index (κ2) is 6.29. The van der Waals surface area contributed by atoms with Crippen LogP contribution in [0.4, 0.5) is 0 Å². The van der Waals surface area contributed by atoms with Gasteiger partial charge in [0.15, 0.2) is 4.96 Å². The third kappa shape index (κ3) is 2.75. The van der Waals surface area contributed by atoms with Crippen LogP contribution in [-0.2, 0) is 0 Å². The highest BCUT2D eigenvalue weighted by Gasteiger charge is 2.17. The molecule has 0 spiro atoms. The van der Waals surface area contributed by atoms with Gasteiger partial charge >= 0.3 is 0 Å². The zero-order valence-corrected chi connectivity index (χ0v) is 13.1. The molecule has 0 aliphatic heterocycles. The molecule has 114 valence electrons. The summed E-state index contributed by atoms with van der Waals surface area (Å²) >= 11 is 1.38. The van der Waals surface area contributed by atoms with Crippen LogP contribution in [-0.4, -0.2) is 33.6 Å². The number of fused-ring (bicyclic) bond motifs is 1. The molecule has 2 aromatic heterocycles. The SMILES string of the molecule is Cc1c(C(=O)NCCCO)sc2nc(-c3ccccc3)cn12. The summed E-state index contributed by atoms with van der Waals surface area (Å²) in [5.41, 5.74) is 2.85. The standard InChI is InChI=1S/C16H17N3O2S/c1-11-14(15(21)17-8-5-9-20)22-16-18-13(10-19(11)16)12-6-3-2-4-7-12/h2-4,6-7,10,20H,5,8-9H2,1H3,(H,17,21). The Hall–Kier alpha value is -2.18. The average Bonchev–Trinajstić information content (AvgIpc) is 3.08. The predicted octanol–water partition coefficient (Wildman–Crippen LogP) is 2.48. The van der Waals surface area contributed by atoms with E-state index in [1.165, 1.54) is 11.3 Å². The largest absolute Gasteiger partial charge is 0.396 e. The zero-order chi connectivity index (χ0) is 15.5. The van der Waals surface area contributed by atoms with Crippen LogP contribution in [0.5, 0.6) is 0 Å². The number of rotatable bonds is 5. The molecule has 1 amide bonds. The van der Waals surface area contributed by atoms with Crippen LogP contribution in [0.3, 0.4) is 0 Å². The van der Waals surface area contributed by atoms with Crippen molar-refractivity contribution in [2.24, 2.45) is 0 Å². The summed E-state index contributed by atoms with van der Waals surface area (Å²) in [4.78, 5) is 18.2. The maximum absolute atomic E-state index is 12.1. The molecule has 0 bridgehead atoms. The molecule has 2 heterocycles. The number of imidazole rings is 1. The lowest BCUT2D eigenvalue weighted by atomic mass is 10.2. The molecule has 6 heteroatoms. The maximum Gasteiger partial charge on any atom is 0.263 e. The van der Waals surface area contributed by atoms with E-state index >= 15 is 0 Å². The summed E-state index contributed by atoms with van der Waals surface area (Å²) in [5.74, 6) is -0.109. The van der Waals surface area contributed by atoms with Gasteiger partial charge in [-0.2, -0.15) is 0 Å². The van der Waals surface area contributed by atoms with E-state index in [1.54, 1.807) is 0 Å². The average molecular weight is 315 g/mol. The Bertz CT molecular complexity index is 792. The summed E-state index contributed by atoms with van der Waals surface area (Å²) in [6, 6.07) is 9.97. The Morgan fingerprint density at radius 3 is 2.82 bits per heavy atom. The first-order valence-electron chi connectivity index (χ1n) is 7.13. The molecule has 22 heavy (non-hydrogen) atoms. The van der Waals surface area contributed by atoms with Gasteiger partial charge in [0, 0.05) is 30.6 Å². The van der Waals surface area contributed by atoms with E-state index in [0.29, 0.717) is 17.8 Å². The first-order chi connectivity index (χ1) is 10.7. The molecule has 1 aromatic carbocycles. The Morgan fingerprint density at radius 2 is 2.14 bits per heavy atom. The molecule has 0 fully saturated rings. The van der Waals surface area contributed by atoms with Crippen molar-refractivity contribution in [1.29, 1.82) is 0 Å². The van der Waals surface area contributed by atoms with Gasteiger partial charge in [-0.05, 0) is 13.3 Å². The van der Waals surface area contributed by atoms with Gasteiger partial charge in [-0.25, -0.2) is 4.98 Å². The molecule has 3 aromatic rings.